The summed E-state index contributed by atoms with van der Waals surface area (Å²) in [7, 11) is 5.47. The first-order valence-electron chi connectivity index (χ1n) is 20.4. The Hall–Kier alpha value is -4.81. The van der Waals surface area contributed by atoms with Crippen molar-refractivity contribution in [3.63, 3.8) is 0 Å². The molecule has 2 aliphatic heterocycles. The molecule has 6 aromatic rings. The van der Waals surface area contributed by atoms with Crippen molar-refractivity contribution in [3.05, 3.63) is 97.5 Å². The summed E-state index contributed by atoms with van der Waals surface area (Å²) in [6, 6.07) is 13.6. The SMILES string of the molecule is COC1CCN(Cc2cc(N3C[C@@H](C)n4c(c(CCCOc5cc(C)c(Cl)c(C)c5)c5ccc(Cl)c(-c6c(C)nn(C)c6C)c54)C3=O)c3c(c2)cc(C(=O)O)n3C)CC1. The van der Waals surface area contributed by atoms with Crippen LogP contribution in [0.5, 0.6) is 5.75 Å². The zero-order valence-corrected chi connectivity index (χ0v) is 36.6. The minimum atomic E-state index is -1.02. The standard InChI is InChI=1S/C46H52Cl2N6O5/c1-25-18-33(19-26(2)41(25)48)59-17-9-10-34-35-11-12-36(47)40(39-28(4)49-51(7)29(39)5)43(35)54-27(3)23-53(45(55)44(34)54)37-21-30(24-52-15-13-32(58-8)14-16-52)20-31-22-38(46(56)57)50(6)42(31)37/h11-12,18-22,27,32H,9-10,13-17,23-24H2,1-8H3,(H,56,57)/t27-/m1/s1. The van der Waals surface area contributed by atoms with E-state index >= 15 is 4.79 Å². The number of amides is 1. The number of hydrogen-bond donors (Lipinski definition) is 1. The van der Waals surface area contributed by atoms with Crippen molar-refractivity contribution < 1.29 is 24.2 Å². The van der Waals surface area contributed by atoms with Crippen LogP contribution in [-0.4, -0.2) is 80.3 Å². The Morgan fingerprint density at radius 1 is 0.966 bits per heavy atom. The quantitative estimate of drug-likeness (QED) is 0.130. The Labute approximate surface area is 355 Å². The number of likely N-dealkylation sites (tertiary alicyclic amines) is 1. The van der Waals surface area contributed by atoms with E-state index in [0.29, 0.717) is 54.5 Å². The van der Waals surface area contributed by atoms with Crippen molar-refractivity contribution in [1.29, 1.82) is 0 Å². The van der Waals surface area contributed by atoms with Gasteiger partial charge in [-0.05, 0) is 119 Å². The number of fused-ring (bicyclic) bond motifs is 4. The van der Waals surface area contributed by atoms with E-state index in [0.717, 1.165) is 97.8 Å². The number of rotatable bonds is 11. The predicted molar refractivity (Wildman–Crippen MR) is 235 cm³/mol. The molecule has 13 heteroatoms. The Balaban J connectivity index is 1.26. The van der Waals surface area contributed by atoms with E-state index in [-0.39, 0.29) is 23.7 Å². The minimum absolute atomic E-state index is 0.140. The zero-order valence-electron chi connectivity index (χ0n) is 35.1. The van der Waals surface area contributed by atoms with Crippen LogP contribution in [0, 0.1) is 27.7 Å². The second-order valence-corrected chi connectivity index (χ2v) is 17.2. The molecular weight excluding hydrogens is 787 g/mol. The first kappa shape index (κ1) is 40.9. The lowest BCUT2D eigenvalue weighted by molar-refractivity contribution is 0.0389. The average molecular weight is 840 g/mol. The smallest absolute Gasteiger partial charge is 0.352 e. The van der Waals surface area contributed by atoms with Crippen molar-refractivity contribution in [3.8, 4) is 16.9 Å². The van der Waals surface area contributed by atoms with E-state index in [1.165, 1.54) is 0 Å². The number of carboxylic acid groups (broad SMARTS) is 1. The third-order valence-electron chi connectivity index (χ3n) is 12.5. The molecule has 1 fully saturated rings. The lowest BCUT2D eigenvalue weighted by atomic mass is 9.98. The third kappa shape index (κ3) is 7.19. The molecule has 1 N–H and O–H groups in total. The molecule has 5 heterocycles. The topological polar surface area (TPSA) is 107 Å². The fraction of sp³-hybridized carbons (Fsp3) is 0.413. The van der Waals surface area contributed by atoms with E-state index in [9.17, 15) is 9.90 Å². The first-order chi connectivity index (χ1) is 28.2. The fourth-order valence-corrected chi connectivity index (χ4v) is 9.90. The number of benzene rings is 3. The number of aromatic nitrogens is 4. The summed E-state index contributed by atoms with van der Waals surface area (Å²) < 4.78 is 17.7. The minimum Gasteiger partial charge on any atom is -0.494 e. The maximum atomic E-state index is 15.5. The highest BCUT2D eigenvalue weighted by atomic mass is 35.5. The predicted octanol–water partition coefficient (Wildman–Crippen LogP) is 9.62. The summed E-state index contributed by atoms with van der Waals surface area (Å²) in [5.74, 6) is -0.399. The summed E-state index contributed by atoms with van der Waals surface area (Å²) in [5.41, 5.74) is 10.6. The Morgan fingerprint density at radius 3 is 2.32 bits per heavy atom. The highest BCUT2D eigenvalue weighted by molar-refractivity contribution is 6.35. The first-order valence-corrected chi connectivity index (χ1v) is 21.1. The number of carbonyl (C=O) groups is 2. The summed E-state index contributed by atoms with van der Waals surface area (Å²) in [5, 5.41) is 18.1. The molecule has 1 atom stereocenters. The van der Waals surface area contributed by atoms with Gasteiger partial charge in [0.25, 0.3) is 5.91 Å². The van der Waals surface area contributed by atoms with Crippen LogP contribution < -0.4 is 9.64 Å². The number of anilines is 1. The summed E-state index contributed by atoms with van der Waals surface area (Å²) in [4.78, 5) is 32.3. The Morgan fingerprint density at radius 2 is 1.68 bits per heavy atom. The Bertz CT molecular complexity index is 2630. The van der Waals surface area contributed by atoms with Crippen LogP contribution in [0.2, 0.25) is 10.0 Å². The van der Waals surface area contributed by atoms with Crippen LogP contribution in [0.4, 0.5) is 5.69 Å². The molecule has 0 spiro atoms. The molecule has 59 heavy (non-hydrogen) atoms. The van der Waals surface area contributed by atoms with Crippen molar-refractivity contribution in [2.24, 2.45) is 14.1 Å². The van der Waals surface area contributed by atoms with Crippen molar-refractivity contribution in [2.45, 2.75) is 79.0 Å². The van der Waals surface area contributed by atoms with E-state index in [4.69, 9.17) is 37.8 Å². The average Bonchev–Trinajstić information content (AvgIpc) is 3.81. The second-order valence-electron chi connectivity index (χ2n) is 16.4. The molecule has 1 saturated heterocycles. The molecule has 1 amide bonds. The number of hydrogen-bond acceptors (Lipinski definition) is 6. The molecule has 0 aliphatic carbocycles. The van der Waals surface area contributed by atoms with Gasteiger partial charge in [-0.25, -0.2) is 4.79 Å². The molecular formula is C46H52Cl2N6O5. The van der Waals surface area contributed by atoms with Crippen LogP contribution in [0.3, 0.4) is 0 Å². The largest absolute Gasteiger partial charge is 0.494 e. The van der Waals surface area contributed by atoms with Gasteiger partial charge >= 0.3 is 5.97 Å². The van der Waals surface area contributed by atoms with Crippen LogP contribution in [0.25, 0.3) is 32.9 Å². The molecule has 0 bridgehead atoms. The van der Waals surface area contributed by atoms with Gasteiger partial charge in [0, 0.05) is 86.0 Å². The molecule has 11 nitrogen and oxygen atoms in total. The number of piperidine rings is 1. The number of carbonyl (C=O) groups excluding carboxylic acids is 1. The van der Waals surface area contributed by atoms with Crippen LogP contribution in [0.15, 0.2) is 42.5 Å². The molecule has 3 aromatic heterocycles. The van der Waals surface area contributed by atoms with Crippen molar-refractivity contribution in [1.82, 2.24) is 23.8 Å². The third-order valence-corrected chi connectivity index (χ3v) is 13.4. The van der Waals surface area contributed by atoms with Crippen LogP contribution in [-0.2, 0) is 31.8 Å². The molecule has 0 radical (unpaired) electrons. The van der Waals surface area contributed by atoms with E-state index < -0.39 is 5.97 Å². The van der Waals surface area contributed by atoms with Crippen LogP contribution >= 0.6 is 23.2 Å². The number of methoxy groups -OCH3 is 1. The van der Waals surface area contributed by atoms with Gasteiger partial charge < -0.3 is 28.6 Å². The molecule has 0 unspecified atom stereocenters. The highest BCUT2D eigenvalue weighted by Crippen LogP contribution is 2.46. The number of aromatic carboxylic acids is 1. The number of aryl methyl sites for hydroxylation is 6. The van der Waals surface area contributed by atoms with Gasteiger partial charge in [-0.15, -0.1) is 0 Å². The summed E-state index contributed by atoms with van der Waals surface area (Å²) >= 11 is 13.6. The Kier molecular flexibility index (Phi) is 11.1. The van der Waals surface area contributed by atoms with Gasteiger partial charge in [-0.2, -0.15) is 5.10 Å². The number of carboxylic acids is 1. The van der Waals surface area contributed by atoms with Gasteiger partial charge in [0.1, 0.15) is 17.1 Å². The number of halogens is 2. The van der Waals surface area contributed by atoms with Crippen LogP contribution in [0.1, 0.15) is 86.8 Å². The maximum absolute atomic E-state index is 15.5. The highest BCUT2D eigenvalue weighted by Gasteiger charge is 2.38. The van der Waals surface area contributed by atoms with Gasteiger partial charge in [0.05, 0.1) is 40.1 Å². The summed E-state index contributed by atoms with van der Waals surface area (Å²) in [6.07, 6.45) is 3.37. The number of nitrogens with zero attached hydrogens (tertiary/aromatic N) is 6. The second kappa shape index (κ2) is 16.0. The maximum Gasteiger partial charge on any atom is 0.352 e. The molecule has 3 aromatic carbocycles. The fourth-order valence-electron chi connectivity index (χ4n) is 9.54. The molecule has 2 aliphatic rings. The van der Waals surface area contributed by atoms with E-state index in [1.807, 2.05) is 68.6 Å². The normalized spacial score (nSPS) is 16.5. The molecule has 310 valence electrons. The molecule has 8 rings (SSSR count). The monoisotopic (exact) mass is 838 g/mol. The van der Waals surface area contributed by atoms with Gasteiger partial charge in [0.2, 0.25) is 0 Å². The van der Waals surface area contributed by atoms with Gasteiger partial charge in [0.15, 0.2) is 0 Å². The lowest BCUT2D eigenvalue weighted by Gasteiger charge is -2.35. The summed E-state index contributed by atoms with van der Waals surface area (Å²) in [6.45, 7) is 13.4. The lowest BCUT2D eigenvalue weighted by Crippen LogP contribution is -2.43. The van der Waals surface area contributed by atoms with Crippen molar-refractivity contribution >= 4 is 62.6 Å². The van der Waals surface area contributed by atoms with Gasteiger partial charge in [-0.1, -0.05) is 29.3 Å². The van der Waals surface area contributed by atoms with Gasteiger partial charge in [-0.3, -0.25) is 14.4 Å². The van der Waals surface area contributed by atoms with Crippen molar-refractivity contribution in [2.75, 3.05) is 38.3 Å². The number of ether oxygens (including phenoxy) is 2. The van der Waals surface area contributed by atoms with E-state index in [2.05, 4.69) is 28.5 Å². The van der Waals surface area contributed by atoms with E-state index in [1.54, 1.807) is 24.8 Å². The zero-order chi connectivity index (χ0) is 42.0. The molecule has 0 saturated carbocycles.